The zero-order valence-electron chi connectivity index (χ0n) is 11.4. The fourth-order valence-electron chi connectivity index (χ4n) is 2.27. The lowest BCUT2D eigenvalue weighted by Crippen LogP contribution is -2.30. The highest BCUT2D eigenvalue weighted by Gasteiger charge is 2.19. The number of benzene rings is 1. The van der Waals surface area contributed by atoms with Crippen LogP contribution in [0.1, 0.15) is 44.7 Å². The molecule has 0 fully saturated rings. The van der Waals surface area contributed by atoms with Crippen molar-refractivity contribution in [3.63, 3.8) is 0 Å². The van der Waals surface area contributed by atoms with Crippen molar-refractivity contribution >= 4 is 0 Å². The summed E-state index contributed by atoms with van der Waals surface area (Å²) < 4.78 is 29.3. The van der Waals surface area contributed by atoms with Crippen LogP contribution in [0, 0.1) is 5.92 Å². The SMILES string of the molecule is CCCC(C)CC(NN)c1ccccc1OC(F)F. The molecule has 2 unspecified atom stereocenters. The molecule has 0 aromatic heterocycles. The maximum absolute atomic E-state index is 12.4. The van der Waals surface area contributed by atoms with Crippen LogP contribution in [0.3, 0.4) is 0 Å². The van der Waals surface area contributed by atoms with E-state index >= 15 is 0 Å². The third kappa shape index (κ3) is 5.12. The minimum Gasteiger partial charge on any atom is -0.434 e. The fraction of sp³-hybridized carbons (Fsp3) is 0.571. The summed E-state index contributed by atoms with van der Waals surface area (Å²) in [6.07, 6.45) is 2.96. The lowest BCUT2D eigenvalue weighted by atomic mass is 9.93. The maximum Gasteiger partial charge on any atom is 0.387 e. The minimum atomic E-state index is -2.83. The third-order valence-electron chi connectivity index (χ3n) is 3.13. The van der Waals surface area contributed by atoms with Gasteiger partial charge in [-0.1, -0.05) is 44.9 Å². The molecule has 0 spiro atoms. The summed E-state index contributed by atoms with van der Waals surface area (Å²) in [6, 6.07) is 6.58. The van der Waals surface area contributed by atoms with Crippen LogP contribution in [0.15, 0.2) is 24.3 Å². The Bertz CT molecular complexity index is 374. The molecule has 1 aromatic rings. The van der Waals surface area contributed by atoms with Crippen molar-refractivity contribution in [1.82, 2.24) is 5.43 Å². The molecule has 3 N–H and O–H groups in total. The van der Waals surface area contributed by atoms with Gasteiger partial charge in [0.15, 0.2) is 0 Å². The molecule has 0 saturated carbocycles. The van der Waals surface area contributed by atoms with Crippen LogP contribution in [0.25, 0.3) is 0 Å². The minimum absolute atomic E-state index is 0.184. The molecule has 1 aromatic carbocycles. The summed E-state index contributed by atoms with van der Waals surface area (Å²) in [7, 11) is 0. The fourth-order valence-corrected chi connectivity index (χ4v) is 2.27. The molecule has 0 amide bonds. The van der Waals surface area contributed by atoms with Crippen molar-refractivity contribution in [2.45, 2.75) is 45.8 Å². The Hall–Kier alpha value is -1.20. The number of nitrogens with one attached hydrogen (secondary N) is 1. The number of ether oxygens (including phenoxy) is 1. The highest BCUT2D eigenvalue weighted by Crippen LogP contribution is 2.30. The van der Waals surface area contributed by atoms with Crippen LogP contribution >= 0.6 is 0 Å². The van der Waals surface area contributed by atoms with E-state index in [2.05, 4.69) is 24.0 Å². The zero-order valence-corrected chi connectivity index (χ0v) is 11.4. The molecule has 108 valence electrons. The van der Waals surface area contributed by atoms with Gasteiger partial charge in [-0.25, -0.2) is 0 Å². The Morgan fingerprint density at radius 1 is 1.32 bits per heavy atom. The number of halogens is 2. The van der Waals surface area contributed by atoms with Gasteiger partial charge in [-0.3, -0.25) is 11.3 Å². The summed E-state index contributed by atoms with van der Waals surface area (Å²) in [4.78, 5) is 0. The van der Waals surface area contributed by atoms with Crippen LogP contribution in [-0.4, -0.2) is 6.61 Å². The largest absolute Gasteiger partial charge is 0.434 e. The summed E-state index contributed by atoms with van der Waals surface area (Å²) in [6.45, 7) is 1.42. The van der Waals surface area contributed by atoms with Gasteiger partial charge in [0.1, 0.15) is 5.75 Å². The predicted molar refractivity (Wildman–Crippen MR) is 71.8 cm³/mol. The molecule has 0 radical (unpaired) electrons. The van der Waals surface area contributed by atoms with Crippen LogP contribution < -0.4 is 16.0 Å². The third-order valence-corrected chi connectivity index (χ3v) is 3.13. The molecule has 0 heterocycles. The van der Waals surface area contributed by atoms with Crippen LogP contribution in [0.5, 0.6) is 5.75 Å². The number of hydrogen-bond acceptors (Lipinski definition) is 3. The molecule has 1 rings (SSSR count). The van der Waals surface area contributed by atoms with E-state index in [1.807, 2.05) is 0 Å². The van der Waals surface area contributed by atoms with Crippen molar-refractivity contribution < 1.29 is 13.5 Å². The van der Waals surface area contributed by atoms with Gasteiger partial charge in [0, 0.05) is 11.6 Å². The molecule has 2 atom stereocenters. The van der Waals surface area contributed by atoms with Gasteiger partial charge in [0.25, 0.3) is 0 Å². The average molecular weight is 272 g/mol. The van der Waals surface area contributed by atoms with Gasteiger partial charge in [0.2, 0.25) is 0 Å². The Balaban J connectivity index is 2.85. The van der Waals surface area contributed by atoms with Crippen molar-refractivity contribution in [2.75, 3.05) is 0 Å². The van der Waals surface area contributed by atoms with Gasteiger partial charge in [-0.2, -0.15) is 8.78 Å². The van der Waals surface area contributed by atoms with E-state index in [9.17, 15) is 8.78 Å². The summed E-state index contributed by atoms with van der Waals surface area (Å²) in [5.74, 6) is 6.20. The highest BCUT2D eigenvalue weighted by atomic mass is 19.3. The molecular formula is C14H22F2N2O. The second-order valence-electron chi connectivity index (χ2n) is 4.77. The number of nitrogens with two attached hydrogens (primary N) is 1. The van der Waals surface area contributed by atoms with Gasteiger partial charge < -0.3 is 4.74 Å². The van der Waals surface area contributed by atoms with Crippen molar-refractivity contribution in [1.29, 1.82) is 0 Å². The van der Waals surface area contributed by atoms with Gasteiger partial charge >= 0.3 is 6.61 Å². The first-order valence-electron chi connectivity index (χ1n) is 6.58. The van der Waals surface area contributed by atoms with E-state index in [0.717, 1.165) is 19.3 Å². The number of rotatable bonds is 8. The first-order chi connectivity index (χ1) is 9.08. The monoisotopic (exact) mass is 272 g/mol. The molecule has 0 aliphatic carbocycles. The van der Waals surface area contributed by atoms with Gasteiger partial charge in [-0.15, -0.1) is 0 Å². The lowest BCUT2D eigenvalue weighted by molar-refractivity contribution is -0.0507. The summed E-state index contributed by atoms with van der Waals surface area (Å²) in [5, 5.41) is 0. The summed E-state index contributed by atoms with van der Waals surface area (Å²) in [5.41, 5.74) is 3.37. The Labute approximate surface area is 113 Å². The molecule has 0 aliphatic heterocycles. The smallest absolute Gasteiger partial charge is 0.387 e. The second kappa shape index (κ2) is 8.07. The Morgan fingerprint density at radius 3 is 2.58 bits per heavy atom. The van der Waals surface area contributed by atoms with E-state index < -0.39 is 6.61 Å². The molecule has 0 bridgehead atoms. The molecule has 3 nitrogen and oxygen atoms in total. The maximum atomic E-state index is 12.4. The van der Waals surface area contributed by atoms with Crippen LogP contribution in [-0.2, 0) is 0 Å². The van der Waals surface area contributed by atoms with E-state index in [1.165, 1.54) is 6.07 Å². The van der Waals surface area contributed by atoms with E-state index in [0.29, 0.717) is 11.5 Å². The van der Waals surface area contributed by atoms with Crippen LogP contribution in [0.2, 0.25) is 0 Å². The number of hydrogen-bond donors (Lipinski definition) is 2. The zero-order chi connectivity index (χ0) is 14.3. The molecule has 19 heavy (non-hydrogen) atoms. The first-order valence-corrected chi connectivity index (χ1v) is 6.58. The van der Waals surface area contributed by atoms with Crippen molar-refractivity contribution in [2.24, 2.45) is 11.8 Å². The molecule has 5 heteroatoms. The Morgan fingerprint density at radius 2 is 2.00 bits per heavy atom. The lowest BCUT2D eigenvalue weighted by Gasteiger charge is -2.22. The average Bonchev–Trinajstić information content (AvgIpc) is 2.36. The first kappa shape index (κ1) is 15.9. The van der Waals surface area contributed by atoms with Gasteiger partial charge in [0.05, 0.1) is 0 Å². The molecule has 0 saturated heterocycles. The van der Waals surface area contributed by atoms with E-state index in [1.54, 1.807) is 18.2 Å². The predicted octanol–water partition coefficient (Wildman–Crippen LogP) is 3.62. The van der Waals surface area contributed by atoms with E-state index in [-0.39, 0.29) is 11.8 Å². The molecule has 0 aliphatic rings. The Kier molecular flexibility index (Phi) is 6.73. The van der Waals surface area contributed by atoms with Crippen molar-refractivity contribution in [3.8, 4) is 5.75 Å². The second-order valence-corrected chi connectivity index (χ2v) is 4.77. The van der Waals surface area contributed by atoms with Gasteiger partial charge in [-0.05, 0) is 18.4 Å². The number of alkyl halides is 2. The number of para-hydroxylation sites is 1. The molecular weight excluding hydrogens is 250 g/mol. The van der Waals surface area contributed by atoms with Crippen molar-refractivity contribution in [3.05, 3.63) is 29.8 Å². The van der Waals surface area contributed by atoms with E-state index in [4.69, 9.17) is 5.84 Å². The normalized spacial score (nSPS) is 14.4. The summed E-state index contributed by atoms with van der Waals surface area (Å²) >= 11 is 0. The number of hydrazine groups is 1. The quantitative estimate of drug-likeness (QED) is 0.561. The van der Waals surface area contributed by atoms with Crippen LogP contribution in [0.4, 0.5) is 8.78 Å². The highest BCUT2D eigenvalue weighted by molar-refractivity contribution is 5.36. The topological polar surface area (TPSA) is 47.3 Å². The standard InChI is InChI=1S/C14H22F2N2O/c1-3-6-10(2)9-12(18-17)11-7-4-5-8-13(11)19-14(15)16/h4-5,7-8,10,12,14,18H,3,6,9,17H2,1-2H3.